The largest absolute Gasteiger partial charge is 0.489 e. The van der Waals surface area contributed by atoms with Crippen LogP contribution < -0.4 is 14.5 Å². The molecule has 8 heteroatoms. The molecule has 39 heavy (non-hydrogen) atoms. The van der Waals surface area contributed by atoms with Crippen molar-refractivity contribution in [2.45, 2.75) is 6.61 Å². The number of hydrogen-bond donors (Lipinski definition) is 1. The highest BCUT2D eigenvalue weighted by Gasteiger charge is 2.22. The summed E-state index contributed by atoms with van der Waals surface area (Å²) in [4.78, 5) is 12.6. The van der Waals surface area contributed by atoms with Gasteiger partial charge < -0.3 is 4.74 Å². The highest BCUT2D eigenvalue weighted by Crippen LogP contribution is 2.28. The lowest BCUT2D eigenvalue weighted by Crippen LogP contribution is -2.39. The Morgan fingerprint density at radius 3 is 2.15 bits per heavy atom. The molecule has 5 rings (SSSR count). The lowest BCUT2D eigenvalue weighted by Gasteiger charge is -2.23. The SMILES string of the molecule is CS(=O)(=O)N(CC(=O)N/N=C\c1ccc(OCc2cccc3ccccc23)cc1)c1cccc2ccccc12. The predicted octanol–water partition coefficient (Wildman–Crippen LogP) is 5.49. The number of nitrogens with one attached hydrogen (secondary N) is 1. The molecule has 7 nitrogen and oxygen atoms in total. The second-order valence-electron chi connectivity index (χ2n) is 9.06. The number of sulfonamides is 1. The number of anilines is 1. The van der Waals surface area contributed by atoms with Gasteiger partial charge in [-0.05, 0) is 57.6 Å². The van der Waals surface area contributed by atoms with Crippen molar-refractivity contribution >= 4 is 49.4 Å². The van der Waals surface area contributed by atoms with Gasteiger partial charge in [0.1, 0.15) is 18.9 Å². The molecule has 5 aromatic carbocycles. The second kappa shape index (κ2) is 11.4. The fourth-order valence-corrected chi connectivity index (χ4v) is 5.25. The second-order valence-corrected chi connectivity index (χ2v) is 11.0. The minimum atomic E-state index is -3.72. The fraction of sp³-hybridized carbons (Fsp3) is 0.0968. The van der Waals surface area contributed by atoms with Gasteiger partial charge in [-0.1, -0.05) is 78.9 Å². The molecule has 0 aromatic heterocycles. The number of ether oxygens (including phenoxy) is 1. The summed E-state index contributed by atoms with van der Waals surface area (Å²) in [6, 6.07) is 34.4. The van der Waals surface area contributed by atoms with Crippen molar-refractivity contribution in [3.05, 3.63) is 120 Å². The minimum Gasteiger partial charge on any atom is -0.489 e. The van der Waals surface area contributed by atoms with Crippen LogP contribution in [-0.4, -0.2) is 33.3 Å². The van der Waals surface area contributed by atoms with Crippen molar-refractivity contribution in [2.24, 2.45) is 5.10 Å². The topological polar surface area (TPSA) is 88.1 Å². The first-order valence-corrected chi connectivity index (χ1v) is 14.2. The van der Waals surface area contributed by atoms with Crippen molar-refractivity contribution in [3.8, 4) is 5.75 Å². The summed E-state index contributed by atoms with van der Waals surface area (Å²) in [6.45, 7) is 0.0451. The molecule has 0 heterocycles. The molecule has 0 saturated heterocycles. The summed E-state index contributed by atoms with van der Waals surface area (Å²) >= 11 is 0. The molecule has 0 aliphatic rings. The van der Waals surface area contributed by atoms with E-state index in [9.17, 15) is 13.2 Å². The van der Waals surface area contributed by atoms with Crippen LogP contribution in [0, 0.1) is 0 Å². The standard InChI is InChI=1S/C31H27N3O4S/c1-39(36,37)34(30-15-7-11-25-9-3-5-14-29(25)30)21-31(35)33-32-20-23-16-18-27(19-17-23)38-22-26-12-6-10-24-8-2-4-13-28(24)26/h2-20H,21-22H2,1H3,(H,33,35)/b32-20-. The van der Waals surface area contributed by atoms with Crippen LogP contribution in [0.4, 0.5) is 5.69 Å². The van der Waals surface area contributed by atoms with Crippen molar-refractivity contribution < 1.29 is 17.9 Å². The Kier molecular flexibility index (Phi) is 7.56. The zero-order valence-corrected chi connectivity index (χ0v) is 22.1. The van der Waals surface area contributed by atoms with Crippen molar-refractivity contribution in [1.29, 1.82) is 0 Å². The molecule has 0 spiro atoms. The van der Waals surface area contributed by atoms with Crippen molar-refractivity contribution in [3.63, 3.8) is 0 Å². The molecule has 0 bridgehead atoms. The van der Waals surface area contributed by atoms with E-state index in [-0.39, 0.29) is 0 Å². The van der Waals surface area contributed by atoms with Gasteiger partial charge in [0.2, 0.25) is 10.0 Å². The van der Waals surface area contributed by atoms with E-state index in [0.29, 0.717) is 18.0 Å². The Balaban J connectivity index is 1.20. The molecule has 1 amide bonds. The first-order chi connectivity index (χ1) is 18.9. The lowest BCUT2D eigenvalue weighted by atomic mass is 10.1. The summed E-state index contributed by atoms with van der Waals surface area (Å²) in [5.41, 5.74) is 4.72. The Hall–Kier alpha value is -4.69. The molecule has 0 aliphatic heterocycles. The lowest BCUT2D eigenvalue weighted by molar-refractivity contribution is -0.119. The molecule has 1 N–H and O–H groups in total. The highest BCUT2D eigenvalue weighted by molar-refractivity contribution is 7.92. The summed E-state index contributed by atoms with van der Waals surface area (Å²) in [5.74, 6) is 0.155. The molecule has 0 aliphatic carbocycles. The van der Waals surface area contributed by atoms with Gasteiger partial charge in [-0.15, -0.1) is 0 Å². The van der Waals surface area contributed by atoms with Gasteiger partial charge in [0.15, 0.2) is 0 Å². The molecule has 0 unspecified atom stereocenters. The van der Waals surface area contributed by atoms with E-state index >= 15 is 0 Å². The van der Waals surface area contributed by atoms with E-state index in [2.05, 4.69) is 34.8 Å². The smallest absolute Gasteiger partial charge is 0.260 e. The molecule has 0 saturated carbocycles. The molecule has 0 fully saturated rings. The van der Waals surface area contributed by atoms with E-state index in [4.69, 9.17) is 4.74 Å². The van der Waals surface area contributed by atoms with Gasteiger partial charge >= 0.3 is 0 Å². The van der Waals surface area contributed by atoms with E-state index in [0.717, 1.165) is 37.8 Å². The zero-order valence-electron chi connectivity index (χ0n) is 21.3. The van der Waals surface area contributed by atoms with Gasteiger partial charge in [0.25, 0.3) is 5.91 Å². The van der Waals surface area contributed by atoms with E-state index in [1.54, 1.807) is 12.1 Å². The molecular formula is C31H27N3O4S. The van der Waals surface area contributed by atoms with Crippen LogP contribution in [0.25, 0.3) is 21.5 Å². The van der Waals surface area contributed by atoms with E-state index in [1.807, 2.05) is 72.8 Å². The Morgan fingerprint density at radius 2 is 1.44 bits per heavy atom. The predicted molar refractivity (Wildman–Crippen MR) is 157 cm³/mol. The van der Waals surface area contributed by atoms with Crippen LogP contribution in [0.1, 0.15) is 11.1 Å². The number of hydrogen-bond acceptors (Lipinski definition) is 5. The number of rotatable bonds is 9. The zero-order chi connectivity index (χ0) is 27.2. The van der Waals surface area contributed by atoms with Crippen molar-refractivity contribution in [2.75, 3.05) is 17.1 Å². The van der Waals surface area contributed by atoms with Crippen LogP contribution in [0.5, 0.6) is 5.75 Å². The third-order valence-corrected chi connectivity index (χ3v) is 7.41. The maximum atomic E-state index is 12.6. The number of carbonyl (C=O) groups is 1. The average molecular weight is 538 g/mol. The monoisotopic (exact) mass is 537 g/mol. The number of nitrogens with zero attached hydrogens (tertiary/aromatic N) is 2. The van der Waals surface area contributed by atoms with E-state index < -0.39 is 22.5 Å². The maximum absolute atomic E-state index is 12.6. The summed E-state index contributed by atoms with van der Waals surface area (Å²) in [6.07, 6.45) is 2.57. The highest BCUT2D eigenvalue weighted by atomic mass is 32.2. The van der Waals surface area contributed by atoms with Gasteiger partial charge in [0.05, 0.1) is 18.2 Å². The Morgan fingerprint density at radius 1 is 0.821 bits per heavy atom. The normalized spacial score (nSPS) is 11.6. The van der Waals surface area contributed by atoms with Crippen LogP contribution in [0.2, 0.25) is 0 Å². The minimum absolute atomic E-state index is 0.398. The summed E-state index contributed by atoms with van der Waals surface area (Å²) < 4.78 is 32.1. The first-order valence-electron chi connectivity index (χ1n) is 12.4. The van der Waals surface area contributed by atoms with Gasteiger partial charge in [-0.3, -0.25) is 9.10 Å². The number of carbonyl (C=O) groups excluding carboxylic acids is 1. The van der Waals surface area contributed by atoms with Crippen LogP contribution in [-0.2, 0) is 21.4 Å². The Labute approximate surface area is 227 Å². The third-order valence-electron chi connectivity index (χ3n) is 6.28. The molecule has 0 radical (unpaired) electrons. The van der Waals surface area contributed by atoms with Crippen LogP contribution in [0.3, 0.4) is 0 Å². The van der Waals surface area contributed by atoms with Gasteiger partial charge in [0, 0.05) is 5.39 Å². The fourth-order valence-electron chi connectivity index (χ4n) is 4.38. The number of hydrazone groups is 1. The molecule has 0 atom stereocenters. The van der Waals surface area contributed by atoms with Crippen LogP contribution in [0.15, 0.2) is 114 Å². The number of benzene rings is 5. The maximum Gasteiger partial charge on any atom is 0.260 e. The third kappa shape index (κ3) is 6.25. The van der Waals surface area contributed by atoms with E-state index in [1.165, 1.54) is 11.6 Å². The first kappa shape index (κ1) is 25.9. The summed E-state index contributed by atoms with van der Waals surface area (Å²) in [7, 11) is -3.72. The number of amides is 1. The van der Waals surface area contributed by atoms with Gasteiger partial charge in [-0.25, -0.2) is 13.8 Å². The van der Waals surface area contributed by atoms with Gasteiger partial charge in [-0.2, -0.15) is 5.10 Å². The molecule has 5 aromatic rings. The quantitative estimate of drug-likeness (QED) is 0.199. The summed E-state index contributed by atoms with van der Waals surface area (Å²) in [5, 5.41) is 7.96. The van der Waals surface area contributed by atoms with Crippen molar-refractivity contribution in [1.82, 2.24) is 5.43 Å². The Bertz CT molecular complexity index is 1760. The van der Waals surface area contributed by atoms with Crippen LogP contribution >= 0.6 is 0 Å². The average Bonchev–Trinajstić information content (AvgIpc) is 2.94. The molecule has 196 valence electrons. The number of fused-ring (bicyclic) bond motifs is 2. The molecular weight excluding hydrogens is 510 g/mol.